The third-order valence-electron chi connectivity index (χ3n) is 5.71. The molecule has 2 aromatic rings. The molecule has 1 saturated carbocycles. The van der Waals surface area contributed by atoms with E-state index >= 15 is 0 Å². The Morgan fingerprint density at radius 1 is 1.26 bits per heavy atom. The maximum absolute atomic E-state index is 14.6. The number of hydrogen-bond donors (Lipinski definition) is 2. The molecule has 1 aliphatic heterocycles. The van der Waals surface area contributed by atoms with Crippen LogP contribution in [-0.4, -0.2) is 59.1 Å². The maximum atomic E-state index is 14.6. The molecule has 3 radical (unpaired) electrons. The summed E-state index contributed by atoms with van der Waals surface area (Å²) in [4.78, 5) is 16.3. The number of alkyl halides is 1. The van der Waals surface area contributed by atoms with Crippen molar-refractivity contribution in [3.05, 3.63) is 64.4 Å². The fraction of sp³-hybridized carbons (Fsp3) is 0.391. The molecule has 2 fully saturated rings. The van der Waals surface area contributed by atoms with E-state index in [9.17, 15) is 18.0 Å². The van der Waals surface area contributed by atoms with Gasteiger partial charge in [-0.2, -0.15) is 0 Å². The molecule has 35 heavy (non-hydrogen) atoms. The van der Waals surface area contributed by atoms with Crippen molar-refractivity contribution >= 4 is 38.5 Å². The number of benzene rings is 1. The van der Waals surface area contributed by atoms with Gasteiger partial charge in [-0.25, -0.2) is 0 Å². The van der Waals surface area contributed by atoms with Gasteiger partial charge in [-0.15, -0.1) is 0 Å². The molecule has 2 aliphatic rings. The van der Waals surface area contributed by atoms with Crippen LogP contribution in [0, 0.1) is 43.7 Å². The van der Waals surface area contributed by atoms with Crippen molar-refractivity contribution < 1.29 is 63.4 Å². The van der Waals surface area contributed by atoms with Gasteiger partial charge in [0.25, 0.3) is 0 Å². The van der Waals surface area contributed by atoms with Crippen molar-refractivity contribution in [3.8, 4) is 0 Å². The van der Waals surface area contributed by atoms with Gasteiger partial charge in [-0.3, -0.25) is 0 Å². The maximum Gasteiger partial charge on any atom is 0 e. The zero-order valence-electron chi connectivity index (χ0n) is 18.7. The predicted molar refractivity (Wildman–Crippen MR) is 122 cm³/mol. The Morgan fingerprint density at radius 3 is 2.69 bits per heavy atom. The molecule has 2 N–H and O–H groups in total. The van der Waals surface area contributed by atoms with Gasteiger partial charge in [0.15, 0.2) is 0 Å². The largest absolute Gasteiger partial charge is 0 e. The van der Waals surface area contributed by atoms with E-state index in [-0.39, 0.29) is 44.1 Å². The van der Waals surface area contributed by atoms with Gasteiger partial charge < -0.3 is 0 Å². The Morgan fingerprint density at radius 2 is 2.00 bits per heavy atom. The van der Waals surface area contributed by atoms with Gasteiger partial charge in [0.2, 0.25) is 0 Å². The summed E-state index contributed by atoms with van der Waals surface area (Å²) in [6, 6.07) is 4.16. The molecule has 1 saturated heterocycles. The average molecular weight is 914 g/mol. The Bertz CT molecular complexity index is 1120. The smallest absolute Gasteiger partial charge is 0 e. The van der Waals surface area contributed by atoms with E-state index in [1.807, 2.05) is 0 Å². The Kier molecular flexibility index (Phi) is 10.2. The van der Waals surface area contributed by atoms with Crippen LogP contribution in [0.4, 0.5) is 24.5 Å². The van der Waals surface area contributed by atoms with Gasteiger partial charge in [0, 0.05) is 20.4 Å². The summed E-state index contributed by atoms with van der Waals surface area (Å²) in [7, 11) is 0. The van der Waals surface area contributed by atoms with Crippen molar-refractivity contribution in [3.63, 3.8) is 0 Å². The molecule has 1 unspecified atom stereocenters. The normalized spacial score (nSPS) is 20.1. The average Bonchev–Trinajstić information content (AvgIpc) is 3.60. The number of piperidine rings is 1. The Hall–Kier alpha value is -0.966. The first kappa shape index (κ1) is 28.6. The van der Waals surface area contributed by atoms with Crippen LogP contribution in [-0.2, 0) is 20.4 Å². The first-order valence-electron chi connectivity index (χ1n) is 10.9. The summed E-state index contributed by atoms with van der Waals surface area (Å²) >= 11 is 3.54. The number of aromatic nitrogens is 1. The van der Waals surface area contributed by atoms with E-state index in [1.54, 1.807) is 22.0 Å². The molecule has 1 aliphatic carbocycles. The van der Waals surface area contributed by atoms with Crippen molar-refractivity contribution in [2.24, 2.45) is 0 Å². The van der Waals surface area contributed by atoms with E-state index in [0.717, 1.165) is 12.8 Å². The molecule has 12 heteroatoms. The summed E-state index contributed by atoms with van der Waals surface area (Å²) in [5.74, 6) is -1.67. The minimum Gasteiger partial charge on any atom is 0 e. The predicted octanol–water partition coefficient (Wildman–Crippen LogP) is 3.89. The third kappa shape index (κ3) is 7.30. The number of carbonyl (C=O) groups excluding carboxylic acids is 1. The molecule has 0 bridgehead atoms. The summed E-state index contributed by atoms with van der Waals surface area (Å²) < 4.78 is 45.4. The van der Waals surface area contributed by atoms with E-state index in [2.05, 4.69) is 37.8 Å². The number of carbonyl (C=O) groups is 1. The van der Waals surface area contributed by atoms with Crippen LogP contribution >= 0.6 is 0 Å². The fourth-order valence-corrected chi connectivity index (χ4v) is 5.96. The number of aryl methyl sites for hydroxylation is 1. The summed E-state index contributed by atoms with van der Waals surface area (Å²) in [5, 5.41) is 9.97. The van der Waals surface area contributed by atoms with Gasteiger partial charge in [0.1, 0.15) is 0 Å². The molecule has 1 amide bonds. The zero-order valence-corrected chi connectivity index (χ0v) is 26.3. The van der Waals surface area contributed by atoms with Crippen LogP contribution < -0.4 is 13.5 Å². The first-order valence-corrected chi connectivity index (χ1v) is 13.1. The fourth-order valence-electron chi connectivity index (χ4n) is 3.64. The number of nitrogens with zero attached hydrogens (tertiary/aromatic N) is 3. The van der Waals surface area contributed by atoms with Gasteiger partial charge >= 0.3 is 222 Å². The van der Waals surface area contributed by atoms with Gasteiger partial charge in [0.05, 0.1) is 0 Å². The van der Waals surface area contributed by atoms with Crippen molar-refractivity contribution in [2.75, 3.05) is 21.2 Å². The first-order chi connectivity index (χ1) is 16.2. The second kappa shape index (κ2) is 12.5. The molecular formula is C23H23AsAtF3N5ORe-. The summed E-state index contributed by atoms with van der Waals surface area (Å²) in [6.45, 7) is 2.49. The number of hydrogen-bond acceptors (Lipinski definition) is 4. The molecule has 187 valence electrons. The monoisotopic (exact) mass is 914 g/mol. The number of halogens is 3. The van der Waals surface area contributed by atoms with Crippen LogP contribution in [0.2, 0.25) is 0 Å². The van der Waals surface area contributed by atoms with E-state index in [0.29, 0.717) is 34.3 Å². The summed E-state index contributed by atoms with van der Waals surface area (Å²) in [6.07, 6.45) is 4.32. The van der Waals surface area contributed by atoms with Crippen LogP contribution in [0.15, 0.2) is 30.6 Å². The number of pyridine rings is 1. The minimum atomic E-state index is -1.10. The molecule has 2 atom stereocenters. The number of nitrogens with one attached hydrogen (secondary N) is 2. The van der Waals surface area contributed by atoms with Crippen molar-refractivity contribution in [1.29, 1.82) is 0 Å². The molecule has 6 nitrogen and oxygen atoms in total. The standard InChI is InChI=1S/C23H23AsAtF3N5O.Re/c1-12-6-18(26)16(23(34)32-13-2-3-13)8-21(12)33(25)11-17(24)15-7-14(9-30-22(15)28)31-20-4-5-29-10-19(20)27;/h6-9,11,13,19-20,31H,2-5,10H2,1H3,(H,32,34);/q-1;/b17-11-;/t19?,20-;/m0./s1. The van der Waals surface area contributed by atoms with Crippen molar-refractivity contribution in [1.82, 2.24) is 10.3 Å². The molecule has 1 aromatic carbocycles. The third-order valence-corrected chi connectivity index (χ3v) is 7.55. The SMILES string of the molecule is Cc1cc(F)c(C(=O)NC2CC2)cc1N([At])/C=C(\[As])c1cc(N[C@H]2CC[N-]CC2F)cnc1F.[Re]. The van der Waals surface area contributed by atoms with Crippen LogP contribution in [0.5, 0.6) is 0 Å². The van der Waals surface area contributed by atoms with Gasteiger partial charge in [-0.1, -0.05) is 0 Å². The van der Waals surface area contributed by atoms with Gasteiger partial charge in [-0.05, 0) is 0 Å². The molecule has 2 heterocycles. The Balaban J connectivity index is 0.00000342. The number of rotatable bonds is 7. The zero-order chi connectivity index (χ0) is 24.4. The van der Waals surface area contributed by atoms with E-state index < -0.39 is 29.9 Å². The quantitative estimate of drug-likeness (QED) is 0.327. The molecule has 4 rings (SSSR count). The Labute approximate surface area is 240 Å². The van der Waals surface area contributed by atoms with Crippen molar-refractivity contribution in [2.45, 2.75) is 44.4 Å². The molecule has 0 spiro atoms. The topological polar surface area (TPSA) is 71.4 Å². The van der Waals surface area contributed by atoms with E-state index in [4.69, 9.17) is 0 Å². The van der Waals surface area contributed by atoms with Crippen LogP contribution in [0.3, 0.4) is 0 Å². The second-order valence-corrected chi connectivity index (χ2v) is 10.9. The second-order valence-electron chi connectivity index (χ2n) is 8.44. The summed E-state index contributed by atoms with van der Waals surface area (Å²) in [5.41, 5.74) is 2.02. The molecule has 1 aromatic heterocycles. The minimum absolute atomic E-state index is 0. The number of amides is 1. The van der Waals surface area contributed by atoms with Crippen LogP contribution in [0.25, 0.3) is 9.68 Å². The van der Waals surface area contributed by atoms with Crippen LogP contribution in [0.1, 0.15) is 40.7 Å². The van der Waals surface area contributed by atoms with E-state index in [1.165, 1.54) is 43.3 Å². The number of anilines is 2. The molecular weight excluding hydrogens is 890 g/mol.